The number of phenols is 1. The lowest BCUT2D eigenvalue weighted by molar-refractivity contribution is -0.122. The van der Waals surface area contributed by atoms with Crippen LogP contribution in [-0.4, -0.2) is 26.5 Å². The maximum atomic E-state index is 12.6. The Bertz CT molecular complexity index is 1240. The summed E-state index contributed by atoms with van der Waals surface area (Å²) in [7, 11) is 0. The summed E-state index contributed by atoms with van der Waals surface area (Å²) in [6.07, 6.45) is 2.14. The van der Waals surface area contributed by atoms with Crippen molar-refractivity contribution in [2.45, 2.75) is 32.2 Å². The van der Waals surface area contributed by atoms with E-state index < -0.39 is 5.91 Å². The maximum absolute atomic E-state index is 12.6. The maximum Gasteiger partial charge on any atom is 0.273 e. The number of hydrazine groups is 1. The first-order valence-corrected chi connectivity index (χ1v) is 10.4. The van der Waals surface area contributed by atoms with Gasteiger partial charge in [-0.3, -0.25) is 29.8 Å². The van der Waals surface area contributed by atoms with Crippen molar-refractivity contribution < 1.29 is 14.7 Å². The van der Waals surface area contributed by atoms with Crippen molar-refractivity contribution >= 4 is 46.5 Å². The summed E-state index contributed by atoms with van der Waals surface area (Å²) < 4.78 is 1.89. The van der Waals surface area contributed by atoms with E-state index in [4.69, 9.17) is 23.8 Å². The fourth-order valence-corrected chi connectivity index (χ4v) is 3.54. The molecule has 0 saturated heterocycles. The lowest BCUT2D eigenvalue weighted by Crippen LogP contribution is -2.41. The number of halogens is 1. The highest BCUT2D eigenvalue weighted by molar-refractivity contribution is 7.71. The lowest BCUT2D eigenvalue weighted by atomic mass is 10.2. The third kappa shape index (κ3) is 5.71. The van der Waals surface area contributed by atoms with Crippen LogP contribution in [-0.2, 0) is 11.3 Å². The van der Waals surface area contributed by atoms with Gasteiger partial charge in [-0.2, -0.15) is 0 Å². The van der Waals surface area contributed by atoms with Crippen LogP contribution in [0.15, 0.2) is 47.3 Å². The van der Waals surface area contributed by atoms with Crippen LogP contribution in [0.1, 0.15) is 36.0 Å². The Morgan fingerprint density at radius 2 is 1.87 bits per heavy atom. The number of H-pyrrole nitrogens is 1. The molecule has 0 spiro atoms. The Hall–Kier alpha value is -3.17. The van der Waals surface area contributed by atoms with Crippen LogP contribution in [0.5, 0.6) is 5.75 Å². The van der Waals surface area contributed by atoms with Gasteiger partial charge in [0.2, 0.25) is 5.91 Å². The zero-order chi connectivity index (χ0) is 22.4. The third-order valence-corrected chi connectivity index (χ3v) is 5.25. The molecular weight excluding hydrogens is 440 g/mol. The standard InChI is InChI=1S/C21H21ClN4O4S/c22-13-9-10-17(27)15(12-13)19(29)25-24-18(28)8-2-1-5-11-26-20(30)14-6-3-4-7-16(14)23-21(26)31/h3-4,6-7,9-10,12,27H,1-2,5,8,11H2,(H,23,31)(H,24,28)(H,25,29). The minimum Gasteiger partial charge on any atom is -0.507 e. The molecule has 1 aromatic heterocycles. The summed E-state index contributed by atoms with van der Waals surface area (Å²) in [5.41, 5.74) is 5.08. The van der Waals surface area contributed by atoms with Gasteiger partial charge in [-0.15, -0.1) is 0 Å². The molecule has 0 radical (unpaired) electrons. The van der Waals surface area contributed by atoms with E-state index in [1.807, 2.05) is 12.1 Å². The molecule has 0 aliphatic rings. The summed E-state index contributed by atoms with van der Waals surface area (Å²) in [5.74, 6) is -1.27. The number of hydrogen-bond donors (Lipinski definition) is 4. The number of para-hydroxylation sites is 1. The number of hydrogen-bond acceptors (Lipinski definition) is 5. The Morgan fingerprint density at radius 1 is 1.10 bits per heavy atom. The number of aromatic hydroxyl groups is 1. The molecular formula is C21H21ClN4O4S. The summed E-state index contributed by atoms with van der Waals surface area (Å²) in [5, 5.41) is 10.6. The molecule has 0 unspecified atom stereocenters. The Labute approximate surface area is 187 Å². The largest absolute Gasteiger partial charge is 0.507 e. The number of nitrogens with one attached hydrogen (secondary N) is 3. The van der Waals surface area contributed by atoms with Crippen LogP contribution in [0.25, 0.3) is 10.9 Å². The monoisotopic (exact) mass is 460 g/mol. The van der Waals surface area contributed by atoms with Gasteiger partial charge in [-0.1, -0.05) is 30.2 Å². The number of fused-ring (bicyclic) bond motifs is 1. The fraction of sp³-hybridized carbons (Fsp3) is 0.238. The molecule has 8 nitrogen and oxygen atoms in total. The second kappa shape index (κ2) is 10.2. The molecule has 0 fully saturated rings. The number of benzene rings is 2. The van der Waals surface area contributed by atoms with E-state index >= 15 is 0 Å². The van der Waals surface area contributed by atoms with Crippen LogP contribution in [0, 0.1) is 4.77 Å². The van der Waals surface area contributed by atoms with E-state index in [2.05, 4.69) is 15.8 Å². The highest BCUT2D eigenvalue weighted by Crippen LogP contribution is 2.21. The van der Waals surface area contributed by atoms with Crippen molar-refractivity contribution in [3.63, 3.8) is 0 Å². The molecule has 0 atom stereocenters. The average Bonchev–Trinajstić information content (AvgIpc) is 2.75. The van der Waals surface area contributed by atoms with Crippen molar-refractivity contribution in [1.82, 2.24) is 20.4 Å². The molecule has 2 aromatic carbocycles. The van der Waals surface area contributed by atoms with Gasteiger partial charge < -0.3 is 10.1 Å². The molecule has 31 heavy (non-hydrogen) atoms. The van der Waals surface area contributed by atoms with E-state index in [-0.39, 0.29) is 29.2 Å². The van der Waals surface area contributed by atoms with Crippen molar-refractivity contribution in [1.29, 1.82) is 0 Å². The second-order valence-corrected chi connectivity index (χ2v) is 7.73. The predicted molar refractivity (Wildman–Crippen MR) is 121 cm³/mol. The number of carbonyl (C=O) groups excluding carboxylic acids is 2. The first-order valence-electron chi connectivity index (χ1n) is 9.66. The second-order valence-electron chi connectivity index (χ2n) is 6.91. The Balaban J connectivity index is 1.43. The molecule has 10 heteroatoms. The summed E-state index contributed by atoms with van der Waals surface area (Å²) >= 11 is 11.1. The molecule has 3 aromatic rings. The first kappa shape index (κ1) is 22.5. The summed E-state index contributed by atoms with van der Waals surface area (Å²) in [6.45, 7) is 0.450. The van der Waals surface area contributed by atoms with E-state index in [9.17, 15) is 19.5 Å². The number of amides is 2. The molecule has 1 heterocycles. The minimum atomic E-state index is -0.668. The van der Waals surface area contributed by atoms with Gasteiger partial charge >= 0.3 is 0 Å². The van der Waals surface area contributed by atoms with Gasteiger partial charge in [0.15, 0.2) is 4.77 Å². The Morgan fingerprint density at radius 3 is 2.68 bits per heavy atom. The average molecular weight is 461 g/mol. The number of unbranched alkanes of at least 4 members (excludes halogenated alkanes) is 2. The van der Waals surface area contributed by atoms with Crippen molar-refractivity contribution in [2.24, 2.45) is 0 Å². The molecule has 3 rings (SSSR count). The van der Waals surface area contributed by atoms with Crippen molar-refractivity contribution in [3.8, 4) is 5.75 Å². The predicted octanol–water partition coefficient (Wildman–Crippen LogP) is 3.44. The summed E-state index contributed by atoms with van der Waals surface area (Å²) in [6, 6.07) is 11.2. The van der Waals surface area contributed by atoms with Gasteiger partial charge in [0.1, 0.15) is 5.75 Å². The smallest absolute Gasteiger partial charge is 0.273 e. The Kier molecular flexibility index (Phi) is 7.43. The molecule has 2 amide bonds. The number of rotatable bonds is 7. The SMILES string of the molecule is O=C(CCCCCn1c(=S)[nH]c2ccccc2c1=O)NNC(=O)c1cc(Cl)ccc1O. The highest BCUT2D eigenvalue weighted by Gasteiger charge is 2.12. The first-order chi connectivity index (χ1) is 14.9. The molecule has 0 aliphatic heterocycles. The van der Waals surface area contributed by atoms with Gasteiger partial charge in [-0.05, 0) is 55.4 Å². The molecule has 0 saturated carbocycles. The number of nitrogens with zero attached hydrogens (tertiary/aromatic N) is 1. The molecule has 162 valence electrons. The third-order valence-electron chi connectivity index (χ3n) is 4.69. The minimum absolute atomic E-state index is 0.0369. The van der Waals surface area contributed by atoms with Crippen molar-refractivity contribution in [3.05, 3.63) is 68.2 Å². The van der Waals surface area contributed by atoms with Crippen LogP contribution >= 0.6 is 23.8 Å². The van der Waals surface area contributed by atoms with Gasteiger partial charge in [0, 0.05) is 18.0 Å². The number of aromatic amines is 1. The zero-order valence-corrected chi connectivity index (χ0v) is 18.1. The quantitative estimate of drug-likeness (QED) is 0.245. The zero-order valence-electron chi connectivity index (χ0n) is 16.5. The van der Waals surface area contributed by atoms with Crippen molar-refractivity contribution in [2.75, 3.05) is 0 Å². The van der Waals surface area contributed by atoms with Gasteiger partial charge in [-0.25, -0.2) is 0 Å². The highest BCUT2D eigenvalue weighted by atomic mass is 35.5. The normalized spacial score (nSPS) is 10.7. The van der Waals surface area contributed by atoms with Gasteiger partial charge in [0.05, 0.1) is 16.5 Å². The molecule has 4 N–H and O–H groups in total. The molecule has 0 aliphatic carbocycles. The lowest BCUT2D eigenvalue weighted by Gasteiger charge is -2.09. The van der Waals surface area contributed by atoms with E-state index in [0.717, 1.165) is 0 Å². The van der Waals surface area contributed by atoms with Crippen LogP contribution in [0.4, 0.5) is 0 Å². The number of aromatic nitrogens is 2. The van der Waals surface area contributed by atoms with E-state index in [1.165, 1.54) is 22.8 Å². The topological polar surface area (TPSA) is 116 Å². The van der Waals surface area contributed by atoms with E-state index in [0.29, 0.717) is 46.5 Å². The van der Waals surface area contributed by atoms with Crippen LogP contribution < -0.4 is 16.4 Å². The van der Waals surface area contributed by atoms with Crippen LogP contribution in [0.3, 0.4) is 0 Å². The van der Waals surface area contributed by atoms with E-state index in [1.54, 1.807) is 12.1 Å². The summed E-state index contributed by atoms with van der Waals surface area (Å²) in [4.78, 5) is 39.6. The van der Waals surface area contributed by atoms with Gasteiger partial charge in [0.25, 0.3) is 11.5 Å². The van der Waals surface area contributed by atoms with Crippen LogP contribution in [0.2, 0.25) is 5.02 Å². The molecule has 0 bridgehead atoms. The number of phenolic OH excluding ortho intramolecular Hbond substituents is 1. The number of carbonyl (C=O) groups is 2. The fourth-order valence-electron chi connectivity index (χ4n) is 3.08.